The first-order valence-electron chi connectivity index (χ1n) is 13.3. The number of benzene rings is 4. The highest BCUT2D eigenvalue weighted by molar-refractivity contribution is 7.99. The van der Waals surface area contributed by atoms with Crippen LogP contribution in [0.15, 0.2) is 94.7 Å². The molecule has 0 atom stereocenters. The van der Waals surface area contributed by atoms with Crippen LogP contribution >= 0.6 is 11.8 Å². The van der Waals surface area contributed by atoms with Crippen LogP contribution in [0.1, 0.15) is 45.7 Å². The van der Waals surface area contributed by atoms with Gasteiger partial charge in [-0.2, -0.15) is 0 Å². The van der Waals surface area contributed by atoms with Crippen LogP contribution in [0.3, 0.4) is 0 Å². The lowest BCUT2D eigenvalue weighted by Crippen LogP contribution is -2.30. The maximum atomic E-state index is 13.9. The van der Waals surface area contributed by atoms with E-state index in [0.29, 0.717) is 11.1 Å². The van der Waals surface area contributed by atoms with Gasteiger partial charge in [0.15, 0.2) is 0 Å². The molecule has 5 nitrogen and oxygen atoms in total. The monoisotopic (exact) mass is 535 g/mol. The Balaban J connectivity index is 1.57. The minimum atomic E-state index is -0.0785. The van der Waals surface area contributed by atoms with E-state index in [1.165, 1.54) is 0 Å². The molecule has 0 spiro atoms. The molecule has 0 aliphatic carbocycles. The normalized spacial score (nSPS) is 12.0. The van der Waals surface area contributed by atoms with E-state index in [-0.39, 0.29) is 11.8 Å². The second-order valence-corrected chi connectivity index (χ2v) is 10.9. The molecule has 0 bridgehead atoms. The zero-order valence-electron chi connectivity index (χ0n) is 23.1. The van der Waals surface area contributed by atoms with Crippen molar-refractivity contribution in [2.45, 2.75) is 37.5 Å². The molecule has 2 amide bonds. The van der Waals surface area contributed by atoms with Crippen LogP contribution in [0.4, 0.5) is 22.7 Å². The molecule has 0 saturated carbocycles. The average Bonchev–Trinajstić information content (AvgIpc) is 2.96. The maximum absolute atomic E-state index is 13.9. The molecule has 1 aliphatic rings. The SMILES string of the molecule is CCN(CC)c1ccc2c(c1)Sc1cc(N(C)C(=O)c3ccc(C)cc3)ccc1N2C(=O)c1ccc(C)cc1. The lowest BCUT2D eigenvalue weighted by Gasteiger charge is -2.33. The van der Waals surface area contributed by atoms with Crippen LogP contribution in [-0.2, 0) is 0 Å². The lowest BCUT2D eigenvalue weighted by molar-refractivity contribution is 0.0986. The number of fused-ring (bicyclic) bond motifs is 2. The summed E-state index contributed by atoms with van der Waals surface area (Å²) < 4.78 is 0. The topological polar surface area (TPSA) is 43.9 Å². The summed E-state index contributed by atoms with van der Waals surface area (Å²) in [5, 5.41) is 0. The first-order valence-corrected chi connectivity index (χ1v) is 14.1. The Labute approximate surface area is 235 Å². The standard InChI is InChI=1S/C33H33N3O2S/c1-6-35(7-2)27-17-19-29-31(21-27)39-30-20-26(34(5)32(37)24-12-8-22(3)9-13-24)16-18-28(30)36(29)33(38)25-14-10-23(4)11-15-25/h8-21H,6-7H2,1-5H3. The van der Waals surface area contributed by atoms with Crippen molar-refractivity contribution in [3.05, 3.63) is 107 Å². The van der Waals surface area contributed by atoms with Crippen LogP contribution in [0.2, 0.25) is 0 Å². The summed E-state index contributed by atoms with van der Waals surface area (Å²) in [6, 6.07) is 27.5. The lowest BCUT2D eigenvalue weighted by atomic mass is 10.1. The number of carbonyl (C=O) groups excluding carboxylic acids is 2. The fraction of sp³-hybridized carbons (Fsp3) is 0.212. The van der Waals surface area contributed by atoms with Crippen molar-refractivity contribution in [1.82, 2.24) is 0 Å². The molecule has 5 rings (SSSR count). The number of rotatable bonds is 6. The van der Waals surface area contributed by atoms with Gasteiger partial charge < -0.3 is 9.80 Å². The zero-order valence-corrected chi connectivity index (χ0v) is 23.9. The van der Waals surface area contributed by atoms with E-state index < -0.39 is 0 Å². The molecule has 1 aliphatic heterocycles. The number of amides is 2. The van der Waals surface area contributed by atoms with Crippen molar-refractivity contribution in [3.8, 4) is 0 Å². The van der Waals surface area contributed by atoms with E-state index in [0.717, 1.165) is 56.8 Å². The summed E-state index contributed by atoms with van der Waals surface area (Å²) in [4.78, 5) is 34.9. The van der Waals surface area contributed by atoms with Gasteiger partial charge in [-0.3, -0.25) is 14.5 Å². The van der Waals surface area contributed by atoms with E-state index in [9.17, 15) is 9.59 Å². The van der Waals surface area contributed by atoms with Crippen molar-refractivity contribution in [2.75, 3.05) is 34.8 Å². The van der Waals surface area contributed by atoms with Crippen LogP contribution in [0, 0.1) is 13.8 Å². The molecule has 0 radical (unpaired) electrons. The Bertz CT molecular complexity index is 1530. The molecule has 0 saturated heterocycles. The maximum Gasteiger partial charge on any atom is 0.262 e. The van der Waals surface area contributed by atoms with Gasteiger partial charge in [-0.25, -0.2) is 0 Å². The van der Waals surface area contributed by atoms with Gasteiger partial charge in [-0.1, -0.05) is 47.2 Å². The smallest absolute Gasteiger partial charge is 0.262 e. The van der Waals surface area contributed by atoms with E-state index in [4.69, 9.17) is 0 Å². The molecule has 6 heteroatoms. The van der Waals surface area contributed by atoms with E-state index in [2.05, 4.69) is 30.9 Å². The second-order valence-electron chi connectivity index (χ2n) is 9.82. The number of aryl methyl sites for hydroxylation is 2. The minimum absolute atomic E-state index is 0.0763. The number of hydrogen-bond acceptors (Lipinski definition) is 4. The van der Waals surface area contributed by atoms with Gasteiger partial charge in [0.05, 0.1) is 11.4 Å². The van der Waals surface area contributed by atoms with E-state index in [1.54, 1.807) is 23.7 Å². The minimum Gasteiger partial charge on any atom is -0.372 e. The highest BCUT2D eigenvalue weighted by Gasteiger charge is 2.30. The van der Waals surface area contributed by atoms with Crippen molar-refractivity contribution in [3.63, 3.8) is 0 Å². The average molecular weight is 536 g/mol. The molecular formula is C33H33N3O2S. The Hall–Kier alpha value is -4.03. The number of carbonyl (C=O) groups is 2. The molecule has 4 aromatic carbocycles. The van der Waals surface area contributed by atoms with Crippen LogP contribution in [0.5, 0.6) is 0 Å². The van der Waals surface area contributed by atoms with Crippen molar-refractivity contribution < 1.29 is 9.59 Å². The highest BCUT2D eigenvalue weighted by Crippen LogP contribution is 2.50. The van der Waals surface area contributed by atoms with Crippen LogP contribution in [0.25, 0.3) is 0 Å². The summed E-state index contributed by atoms with van der Waals surface area (Å²) in [6.45, 7) is 10.1. The number of anilines is 4. The predicted molar refractivity (Wildman–Crippen MR) is 162 cm³/mol. The van der Waals surface area contributed by atoms with Crippen LogP contribution < -0.4 is 14.7 Å². The Kier molecular flexibility index (Phi) is 7.49. The van der Waals surface area contributed by atoms with Gasteiger partial charge in [-0.15, -0.1) is 0 Å². The van der Waals surface area contributed by atoms with Gasteiger partial charge >= 0.3 is 0 Å². The molecule has 0 aromatic heterocycles. The molecular weight excluding hydrogens is 502 g/mol. The largest absolute Gasteiger partial charge is 0.372 e. The van der Waals surface area contributed by atoms with Crippen molar-refractivity contribution in [2.24, 2.45) is 0 Å². The van der Waals surface area contributed by atoms with Gasteiger partial charge in [0.2, 0.25) is 0 Å². The molecule has 0 fully saturated rings. The van der Waals surface area contributed by atoms with Gasteiger partial charge in [0, 0.05) is 52.4 Å². The molecule has 0 unspecified atom stereocenters. The van der Waals surface area contributed by atoms with E-state index in [1.807, 2.05) is 91.5 Å². The molecule has 39 heavy (non-hydrogen) atoms. The van der Waals surface area contributed by atoms with Crippen LogP contribution in [-0.4, -0.2) is 32.0 Å². The van der Waals surface area contributed by atoms with Crippen molar-refractivity contribution in [1.29, 1.82) is 0 Å². The summed E-state index contributed by atoms with van der Waals surface area (Å²) in [6.07, 6.45) is 0. The summed E-state index contributed by atoms with van der Waals surface area (Å²) in [5.74, 6) is -0.155. The molecule has 198 valence electrons. The Morgan fingerprint density at radius 2 is 1.18 bits per heavy atom. The summed E-state index contributed by atoms with van der Waals surface area (Å²) in [5.41, 5.74) is 7.07. The van der Waals surface area contributed by atoms with Gasteiger partial charge in [-0.05, 0) is 88.4 Å². The first-order chi connectivity index (χ1) is 18.8. The fourth-order valence-corrected chi connectivity index (χ4v) is 5.96. The third-order valence-electron chi connectivity index (χ3n) is 7.21. The summed E-state index contributed by atoms with van der Waals surface area (Å²) >= 11 is 1.64. The Morgan fingerprint density at radius 3 is 1.72 bits per heavy atom. The first kappa shape index (κ1) is 26.6. The van der Waals surface area contributed by atoms with Gasteiger partial charge in [0.25, 0.3) is 11.8 Å². The fourth-order valence-electron chi connectivity index (χ4n) is 4.83. The third-order valence-corrected chi connectivity index (χ3v) is 8.30. The summed E-state index contributed by atoms with van der Waals surface area (Å²) in [7, 11) is 1.79. The predicted octanol–water partition coefficient (Wildman–Crippen LogP) is 7.87. The van der Waals surface area contributed by atoms with Crippen molar-refractivity contribution >= 4 is 46.3 Å². The Morgan fingerprint density at radius 1 is 0.692 bits per heavy atom. The second kappa shape index (κ2) is 11.0. The van der Waals surface area contributed by atoms with Gasteiger partial charge in [0.1, 0.15) is 0 Å². The number of hydrogen-bond donors (Lipinski definition) is 0. The molecule has 4 aromatic rings. The number of nitrogens with zero attached hydrogens (tertiary/aromatic N) is 3. The third kappa shape index (κ3) is 5.17. The molecule has 1 heterocycles. The highest BCUT2D eigenvalue weighted by atomic mass is 32.2. The van der Waals surface area contributed by atoms with E-state index >= 15 is 0 Å². The zero-order chi connectivity index (χ0) is 27.7. The molecule has 0 N–H and O–H groups in total. The quantitative estimate of drug-likeness (QED) is 0.252.